The summed E-state index contributed by atoms with van der Waals surface area (Å²) in [6, 6.07) is 44.3. The van der Waals surface area contributed by atoms with Crippen LogP contribution in [0.5, 0.6) is 28.7 Å². The number of rotatable bonds is 6. The highest BCUT2D eigenvalue weighted by Gasteiger charge is 2.60. The van der Waals surface area contributed by atoms with E-state index in [0.29, 0.717) is 28.6 Å². The first-order valence-corrected chi connectivity index (χ1v) is 21.8. The molecule has 0 bridgehead atoms. The fraction of sp³-hybridized carbons (Fsp3) is 0.200. The topological polar surface area (TPSA) is 94.4 Å². The van der Waals surface area contributed by atoms with Gasteiger partial charge in [-0.2, -0.15) is 4.57 Å². The van der Waals surface area contributed by atoms with Crippen LogP contribution in [-0.2, 0) is 15.4 Å². The minimum absolute atomic E-state index is 0.270. The number of ether oxygens (including phenoxy) is 2. The van der Waals surface area contributed by atoms with Gasteiger partial charge in [0.25, 0.3) is 0 Å². The molecule has 0 aromatic heterocycles. The molecule has 61 heavy (non-hydrogen) atoms. The molecule has 2 spiro atoms. The molecule has 0 radical (unpaired) electrons. The Labute approximate surface area is 354 Å². The summed E-state index contributed by atoms with van der Waals surface area (Å²) < 4.78 is 47.5. The normalized spacial score (nSPS) is 21.9. The van der Waals surface area contributed by atoms with Gasteiger partial charge in [0, 0.05) is 36.2 Å². The molecule has 11 rings (SSSR count). The fourth-order valence-electron chi connectivity index (χ4n) is 9.75. The lowest BCUT2D eigenvalue weighted by molar-refractivity contribution is 0.0826. The lowest BCUT2D eigenvalue weighted by Crippen LogP contribution is -2.61. The van der Waals surface area contributed by atoms with Crippen molar-refractivity contribution in [3.8, 4) is 28.7 Å². The van der Waals surface area contributed by atoms with Crippen LogP contribution in [0.3, 0.4) is 0 Å². The molecule has 2 atom stereocenters. The van der Waals surface area contributed by atoms with Crippen molar-refractivity contribution >= 4 is 64.5 Å². The highest BCUT2D eigenvalue weighted by atomic mass is 31.2. The first kappa shape index (κ1) is 37.2. The predicted molar refractivity (Wildman–Crippen MR) is 243 cm³/mol. The van der Waals surface area contributed by atoms with Crippen molar-refractivity contribution in [1.82, 2.24) is 0 Å². The Morgan fingerprint density at radius 3 is 1.38 bits per heavy atom. The van der Waals surface area contributed by atoms with Gasteiger partial charge in [0.15, 0.2) is 0 Å². The molecule has 2 unspecified atom stereocenters. The van der Waals surface area contributed by atoms with E-state index in [9.17, 15) is 4.57 Å². The average molecular weight is 827 g/mol. The fourth-order valence-corrected chi connectivity index (χ4v) is 11.0. The van der Waals surface area contributed by atoms with Crippen LogP contribution >= 0.6 is 7.82 Å². The second kappa shape index (κ2) is 12.9. The third kappa shape index (κ3) is 5.31. The van der Waals surface area contributed by atoms with Crippen LogP contribution < -0.4 is 32.8 Å². The molecule has 4 aliphatic heterocycles. The summed E-state index contributed by atoms with van der Waals surface area (Å²) >= 11 is 0. The van der Waals surface area contributed by atoms with Crippen LogP contribution in [0.4, 0.5) is 22.7 Å². The maximum absolute atomic E-state index is 15.0. The number of nitrogens with zero attached hydrogens (tertiary/aromatic N) is 4. The zero-order valence-corrected chi connectivity index (χ0v) is 35.5. The minimum Gasteiger partial charge on any atom is -0.459 e. The molecular weight excluding hydrogens is 784 g/mol. The molecule has 0 saturated heterocycles. The Bertz CT molecular complexity index is 2890. The maximum atomic E-state index is 15.0. The number of likely N-dealkylation sites (N-methyl/N-ethyl adjacent to an activating group) is 2. The van der Waals surface area contributed by atoms with Crippen molar-refractivity contribution < 1.29 is 27.6 Å². The Balaban J connectivity index is 0.934. The van der Waals surface area contributed by atoms with Gasteiger partial charge in [-0.25, -0.2) is 0 Å². The molecular formula is C50H43N4O6P. The van der Waals surface area contributed by atoms with Crippen LogP contribution in [0, 0.1) is 0 Å². The average Bonchev–Trinajstić information content (AvgIpc) is 3.53. The second-order valence-corrected chi connectivity index (χ2v) is 18.6. The van der Waals surface area contributed by atoms with Crippen molar-refractivity contribution in [3.05, 3.63) is 151 Å². The van der Waals surface area contributed by atoms with Crippen LogP contribution in [-0.4, -0.2) is 38.0 Å². The second-order valence-electron chi connectivity index (χ2n) is 17.1. The Kier molecular flexibility index (Phi) is 7.86. The van der Waals surface area contributed by atoms with E-state index in [1.54, 1.807) is 48.5 Å². The number of fused-ring (bicyclic) bond motifs is 8. The maximum Gasteiger partial charge on any atom is 0.647 e. The van der Waals surface area contributed by atoms with Gasteiger partial charge in [-0.1, -0.05) is 78.9 Å². The molecule has 11 heteroatoms. The van der Waals surface area contributed by atoms with Gasteiger partial charge in [0.1, 0.15) is 40.1 Å². The summed E-state index contributed by atoms with van der Waals surface area (Å²) in [6.07, 6.45) is 3.79. The van der Waals surface area contributed by atoms with Crippen molar-refractivity contribution in [2.24, 2.45) is 9.98 Å². The van der Waals surface area contributed by atoms with E-state index in [1.165, 1.54) is 11.1 Å². The molecule has 7 aromatic carbocycles. The quantitative estimate of drug-likeness (QED) is 0.153. The van der Waals surface area contributed by atoms with E-state index >= 15 is 0 Å². The van der Waals surface area contributed by atoms with Crippen LogP contribution in [0.1, 0.15) is 38.8 Å². The van der Waals surface area contributed by atoms with Gasteiger partial charge in [0.2, 0.25) is 11.4 Å². The highest BCUT2D eigenvalue weighted by Crippen LogP contribution is 2.57. The monoisotopic (exact) mass is 826 g/mol. The summed E-state index contributed by atoms with van der Waals surface area (Å²) in [7, 11) is -0.335. The predicted octanol–water partition coefficient (Wildman–Crippen LogP) is 12.1. The minimum atomic E-state index is -4.41. The summed E-state index contributed by atoms with van der Waals surface area (Å²) in [5.41, 5.74) is 3.37. The molecule has 4 aliphatic rings. The first-order chi connectivity index (χ1) is 29.3. The number of phosphoric acid groups is 1. The SMILES string of the molecule is CN1c2ccccc2C(C)(C)C12C=Nc1c(ccc3ccc(OP(=O)(Oc4ccccc4)Oc4ccc5ccc6c(c5c4)N=CC4(O6)N(C)c5ccccc5C4(C)C)cc13)O2. The van der Waals surface area contributed by atoms with Crippen LogP contribution in [0.15, 0.2) is 150 Å². The van der Waals surface area contributed by atoms with Gasteiger partial charge < -0.3 is 32.8 Å². The molecule has 0 N–H and O–H groups in total. The van der Waals surface area contributed by atoms with Crippen LogP contribution in [0.25, 0.3) is 21.5 Å². The molecule has 0 aliphatic carbocycles. The largest absolute Gasteiger partial charge is 0.647 e. The standard InChI is InChI=1S/C50H43N4O6P/c1-47(2)39-16-10-12-18-41(39)53(5)49(47)30-51-45-37-28-35(24-20-32(37)22-26-43(45)56-49)59-61(55,58-34-14-8-7-9-15-34)60-36-25-21-33-23-27-44-46(38(33)29-36)52-31-50(57-44)48(3,4)40-17-11-13-19-42(40)54(50)6/h7-31H,1-6H3. The van der Waals surface area contributed by atoms with Crippen molar-refractivity contribution in [3.63, 3.8) is 0 Å². The number of anilines is 2. The molecule has 7 aromatic rings. The number of hydrogen-bond acceptors (Lipinski definition) is 10. The number of benzene rings is 7. The van der Waals surface area contributed by atoms with Crippen LogP contribution in [0.2, 0.25) is 0 Å². The van der Waals surface area contributed by atoms with E-state index in [1.807, 2.05) is 81.1 Å². The number of aliphatic imine (C=N–C) groups is 2. The zero-order valence-electron chi connectivity index (χ0n) is 34.6. The zero-order chi connectivity index (χ0) is 41.9. The Hall–Kier alpha value is -6.77. The first-order valence-electron chi connectivity index (χ1n) is 20.4. The highest BCUT2D eigenvalue weighted by molar-refractivity contribution is 7.49. The molecule has 10 nitrogen and oxygen atoms in total. The third-order valence-corrected chi connectivity index (χ3v) is 14.5. The van der Waals surface area contributed by atoms with Crippen molar-refractivity contribution in [2.75, 3.05) is 23.9 Å². The van der Waals surface area contributed by atoms with E-state index in [4.69, 9.17) is 33.0 Å². The van der Waals surface area contributed by atoms with E-state index in [0.717, 1.165) is 32.9 Å². The smallest absolute Gasteiger partial charge is 0.459 e. The summed E-state index contributed by atoms with van der Waals surface area (Å²) in [5, 5.41) is 3.33. The van der Waals surface area contributed by atoms with E-state index in [-0.39, 0.29) is 11.5 Å². The molecule has 0 fully saturated rings. The summed E-state index contributed by atoms with van der Waals surface area (Å²) in [6.45, 7) is 8.72. The van der Waals surface area contributed by atoms with Gasteiger partial charge in [-0.05, 0) is 110 Å². The van der Waals surface area contributed by atoms with Crippen molar-refractivity contribution in [2.45, 2.75) is 50.0 Å². The van der Waals surface area contributed by atoms with E-state index in [2.05, 4.69) is 73.9 Å². The molecule has 304 valence electrons. The number of hydrogen-bond donors (Lipinski definition) is 0. The third-order valence-electron chi connectivity index (χ3n) is 13.2. The molecule has 4 heterocycles. The Morgan fingerprint density at radius 1 is 0.508 bits per heavy atom. The summed E-state index contributed by atoms with van der Waals surface area (Å²) in [5.74, 6) is 2.12. The lowest BCUT2D eigenvalue weighted by Gasteiger charge is -2.45. The Morgan fingerprint density at radius 2 is 0.918 bits per heavy atom. The van der Waals surface area contributed by atoms with Crippen molar-refractivity contribution in [1.29, 1.82) is 0 Å². The van der Waals surface area contributed by atoms with Gasteiger partial charge in [0.05, 0.1) is 23.3 Å². The van der Waals surface area contributed by atoms with E-state index < -0.39 is 30.1 Å². The molecule has 0 saturated carbocycles. The molecule has 0 amide bonds. The van der Waals surface area contributed by atoms with Gasteiger partial charge in [-0.15, -0.1) is 0 Å². The lowest BCUT2D eigenvalue weighted by atomic mass is 9.77. The number of para-hydroxylation sites is 3. The van der Waals surface area contributed by atoms with Gasteiger partial charge >= 0.3 is 7.82 Å². The van der Waals surface area contributed by atoms with Gasteiger partial charge in [-0.3, -0.25) is 9.98 Å². The number of phosphoric ester groups is 1. The summed E-state index contributed by atoms with van der Waals surface area (Å²) in [4.78, 5) is 14.4.